The van der Waals surface area contributed by atoms with Gasteiger partial charge in [0.05, 0.1) is 28.7 Å². The SMILES string of the molecule is Nc1ccc(OC(F)(F)Cl)c(-c2ccsn2)c1N1CC[C@@H](O)C1. The number of nitrogen functional groups attached to an aromatic ring is 1. The van der Waals surface area contributed by atoms with Crippen LogP contribution in [0.3, 0.4) is 0 Å². The van der Waals surface area contributed by atoms with Gasteiger partial charge in [-0.3, -0.25) is 0 Å². The zero-order chi connectivity index (χ0) is 16.6. The number of β-amino-alcohol motifs (C(OH)–C–C–N with tert-alkyl or cyclic N) is 1. The van der Waals surface area contributed by atoms with Crippen molar-refractivity contribution >= 4 is 34.5 Å². The summed E-state index contributed by atoms with van der Waals surface area (Å²) >= 11 is 6.10. The van der Waals surface area contributed by atoms with Gasteiger partial charge in [0.2, 0.25) is 0 Å². The summed E-state index contributed by atoms with van der Waals surface area (Å²) in [6.07, 6.45) is 0.0869. The monoisotopic (exact) mass is 361 g/mol. The number of rotatable bonds is 4. The molecule has 1 aliphatic rings. The van der Waals surface area contributed by atoms with Gasteiger partial charge in [0, 0.05) is 30.1 Å². The van der Waals surface area contributed by atoms with Gasteiger partial charge in [-0.25, -0.2) is 0 Å². The summed E-state index contributed by atoms with van der Waals surface area (Å²) in [5, 5.41) is 11.5. The molecule has 0 unspecified atom stereocenters. The quantitative estimate of drug-likeness (QED) is 0.646. The number of ether oxygens (including phenoxy) is 1. The fraction of sp³-hybridized carbons (Fsp3) is 0.357. The highest BCUT2D eigenvalue weighted by Gasteiger charge is 2.32. The fourth-order valence-corrected chi connectivity index (χ4v) is 3.27. The largest absolute Gasteiger partial charge is 0.487 e. The van der Waals surface area contributed by atoms with Crippen LogP contribution in [-0.2, 0) is 0 Å². The number of alkyl halides is 3. The van der Waals surface area contributed by atoms with Gasteiger partial charge < -0.3 is 20.5 Å². The third-order valence-corrected chi connectivity index (χ3v) is 4.21. The maximum Gasteiger partial charge on any atom is 0.487 e. The summed E-state index contributed by atoms with van der Waals surface area (Å²) in [7, 11) is 0. The highest BCUT2D eigenvalue weighted by atomic mass is 35.5. The summed E-state index contributed by atoms with van der Waals surface area (Å²) in [6.45, 7) is 0.922. The molecule has 1 saturated heterocycles. The van der Waals surface area contributed by atoms with E-state index in [2.05, 4.69) is 9.11 Å². The number of hydrogen-bond donors (Lipinski definition) is 2. The lowest BCUT2D eigenvalue weighted by molar-refractivity contribution is -0.0961. The minimum atomic E-state index is -3.84. The molecule has 0 saturated carbocycles. The van der Waals surface area contributed by atoms with Crippen molar-refractivity contribution in [3.8, 4) is 17.0 Å². The van der Waals surface area contributed by atoms with Gasteiger partial charge in [-0.05, 0) is 36.2 Å². The molecule has 124 valence electrons. The first-order valence-electron chi connectivity index (χ1n) is 6.87. The van der Waals surface area contributed by atoms with Crippen LogP contribution < -0.4 is 15.4 Å². The number of hydrogen-bond acceptors (Lipinski definition) is 6. The summed E-state index contributed by atoms with van der Waals surface area (Å²) in [4.78, 5) is 1.84. The molecule has 5 nitrogen and oxygen atoms in total. The van der Waals surface area contributed by atoms with Crippen LogP contribution in [0.1, 0.15) is 6.42 Å². The Kier molecular flexibility index (Phi) is 4.31. The number of aliphatic hydroxyl groups excluding tert-OH is 1. The van der Waals surface area contributed by atoms with Gasteiger partial charge in [-0.1, -0.05) is 0 Å². The molecule has 0 radical (unpaired) electrons. The molecule has 1 aromatic heterocycles. The molecule has 2 heterocycles. The topological polar surface area (TPSA) is 71.6 Å². The van der Waals surface area contributed by atoms with Gasteiger partial charge in [0.15, 0.2) is 0 Å². The molecule has 1 fully saturated rings. The lowest BCUT2D eigenvalue weighted by Crippen LogP contribution is -2.24. The van der Waals surface area contributed by atoms with E-state index in [0.717, 1.165) is 0 Å². The van der Waals surface area contributed by atoms with Crippen molar-refractivity contribution in [2.45, 2.75) is 18.1 Å². The Labute approximate surface area is 140 Å². The molecule has 0 amide bonds. The van der Waals surface area contributed by atoms with Crippen LogP contribution in [0.25, 0.3) is 11.3 Å². The maximum atomic E-state index is 13.1. The lowest BCUT2D eigenvalue weighted by atomic mass is 10.1. The van der Waals surface area contributed by atoms with E-state index in [-0.39, 0.29) is 5.75 Å². The first-order valence-corrected chi connectivity index (χ1v) is 8.08. The Balaban J connectivity index is 2.15. The Hall–Kier alpha value is -1.64. The molecule has 0 spiro atoms. The first-order chi connectivity index (χ1) is 10.8. The molecule has 1 aliphatic heterocycles. The third kappa shape index (κ3) is 3.49. The lowest BCUT2D eigenvalue weighted by Gasteiger charge is -2.25. The predicted molar refractivity (Wildman–Crippen MR) is 86.2 cm³/mol. The van der Waals surface area contributed by atoms with Crippen molar-refractivity contribution in [3.63, 3.8) is 0 Å². The van der Waals surface area contributed by atoms with E-state index >= 15 is 0 Å². The zero-order valence-electron chi connectivity index (χ0n) is 11.9. The van der Waals surface area contributed by atoms with Gasteiger partial charge in [0.25, 0.3) is 0 Å². The Bertz CT molecular complexity index is 694. The van der Waals surface area contributed by atoms with E-state index in [1.807, 2.05) is 4.90 Å². The van der Waals surface area contributed by atoms with Gasteiger partial charge in [-0.2, -0.15) is 4.37 Å². The Morgan fingerprint density at radius 2 is 2.22 bits per heavy atom. The minimum Gasteiger partial charge on any atom is -0.419 e. The van der Waals surface area contributed by atoms with Crippen LogP contribution in [0, 0.1) is 0 Å². The van der Waals surface area contributed by atoms with E-state index in [4.69, 9.17) is 17.3 Å². The second-order valence-electron chi connectivity index (χ2n) is 5.20. The number of nitrogens with two attached hydrogens (primary N) is 1. The highest BCUT2D eigenvalue weighted by molar-refractivity contribution is 7.03. The Morgan fingerprint density at radius 3 is 2.78 bits per heavy atom. The van der Waals surface area contributed by atoms with Crippen molar-refractivity contribution in [2.24, 2.45) is 0 Å². The molecule has 0 bridgehead atoms. The first kappa shape index (κ1) is 16.2. The van der Waals surface area contributed by atoms with Crippen LogP contribution in [-0.4, -0.2) is 34.2 Å². The van der Waals surface area contributed by atoms with Gasteiger partial charge in [0.1, 0.15) is 5.75 Å². The van der Waals surface area contributed by atoms with E-state index < -0.39 is 11.7 Å². The molecule has 0 aliphatic carbocycles. The van der Waals surface area contributed by atoms with Crippen molar-refractivity contribution in [2.75, 3.05) is 23.7 Å². The number of benzene rings is 1. The molecular formula is C14H14ClF2N3O2S. The smallest absolute Gasteiger partial charge is 0.419 e. The van der Waals surface area contributed by atoms with Crippen LogP contribution in [0.15, 0.2) is 23.6 Å². The van der Waals surface area contributed by atoms with Gasteiger partial charge >= 0.3 is 5.57 Å². The third-order valence-electron chi connectivity index (χ3n) is 3.57. The maximum absolute atomic E-state index is 13.1. The zero-order valence-corrected chi connectivity index (χ0v) is 13.4. The molecule has 1 atom stereocenters. The fourth-order valence-electron chi connectivity index (χ4n) is 2.67. The van der Waals surface area contributed by atoms with E-state index in [9.17, 15) is 13.9 Å². The molecule has 1 aromatic carbocycles. The summed E-state index contributed by atoms with van der Waals surface area (Å²) in [6, 6.07) is 4.51. The highest BCUT2D eigenvalue weighted by Crippen LogP contribution is 2.45. The van der Waals surface area contributed by atoms with E-state index in [0.29, 0.717) is 42.1 Å². The van der Waals surface area contributed by atoms with Crippen molar-refractivity contribution in [3.05, 3.63) is 23.6 Å². The predicted octanol–water partition coefficient (Wildman–Crippen LogP) is 3.13. The average Bonchev–Trinajstić information content (AvgIpc) is 3.10. The van der Waals surface area contributed by atoms with Gasteiger partial charge in [-0.15, -0.1) is 8.78 Å². The normalized spacial score (nSPS) is 18.4. The van der Waals surface area contributed by atoms with Crippen LogP contribution in [0.2, 0.25) is 0 Å². The van der Waals surface area contributed by atoms with Crippen LogP contribution >= 0.6 is 23.1 Å². The molecule has 3 rings (SSSR count). The van der Waals surface area contributed by atoms with Crippen molar-refractivity contribution in [1.29, 1.82) is 0 Å². The Morgan fingerprint density at radius 1 is 1.43 bits per heavy atom. The molecular weight excluding hydrogens is 348 g/mol. The molecule has 9 heteroatoms. The summed E-state index contributed by atoms with van der Waals surface area (Å²) in [5.41, 5.74) is 3.95. The second kappa shape index (κ2) is 6.10. The molecule has 2 aromatic rings. The average molecular weight is 362 g/mol. The van der Waals surface area contributed by atoms with E-state index in [1.165, 1.54) is 23.7 Å². The van der Waals surface area contributed by atoms with Crippen LogP contribution in [0.5, 0.6) is 5.75 Å². The number of anilines is 2. The van der Waals surface area contributed by atoms with E-state index in [1.54, 1.807) is 11.4 Å². The number of aliphatic hydroxyl groups is 1. The molecule has 23 heavy (non-hydrogen) atoms. The van der Waals surface area contributed by atoms with Crippen molar-refractivity contribution in [1.82, 2.24) is 4.37 Å². The van der Waals surface area contributed by atoms with Crippen LogP contribution in [0.4, 0.5) is 20.2 Å². The summed E-state index contributed by atoms with van der Waals surface area (Å²) in [5.74, 6) is -0.110. The number of halogens is 3. The molecule has 3 N–H and O–H groups in total. The second-order valence-corrected chi connectivity index (χ2v) is 6.30. The number of aromatic nitrogens is 1. The summed E-state index contributed by atoms with van der Waals surface area (Å²) < 4.78 is 35.1. The van der Waals surface area contributed by atoms with Crippen molar-refractivity contribution < 1.29 is 18.6 Å². The number of nitrogens with zero attached hydrogens (tertiary/aromatic N) is 2. The standard InChI is InChI=1S/C14H14ClF2N3O2S/c15-14(16,17)22-11-2-1-9(18)13(20-5-3-8(21)7-20)12(11)10-4-6-23-19-10/h1-2,4,6,8,21H,3,5,7,18H2/t8-/m1/s1. The minimum absolute atomic E-state index is 0.110.